The van der Waals surface area contributed by atoms with E-state index >= 15 is 0 Å². The van der Waals surface area contributed by atoms with Crippen molar-refractivity contribution in [1.82, 2.24) is 20.4 Å². The molecule has 0 spiro atoms. The summed E-state index contributed by atoms with van der Waals surface area (Å²) in [6.45, 7) is 7.68. The SMILES string of the molecule is Cc1[nH]nc(N)c1C.Cc1[nH]nc(NC=O)c1C. The summed E-state index contributed by atoms with van der Waals surface area (Å²) in [5.41, 5.74) is 9.44. The van der Waals surface area contributed by atoms with Crippen LogP contribution in [0.25, 0.3) is 0 Å². The van der Waals surface area contributed by atoms with E-state index in [9.17, 15) is 4.79 Å². The Morgan fingerprint density at radius 1 is 1.06 bits per heavy atom. The number of nitrogens with zero attached hydrogens (tertiary/aromatic N) is 2. The second-order valence-electron chi connectivity index (χ2n) is 3.94. The summed E-state index contributed by atoms with van der Waals surface area (Å²) in [5, 5.41) is 15.6. The standard InChI is InChI=1S/C6H9N3O.C5H9N3/c1-4-5(2)8-9-6(4)7-3-10;1-3-4(2)7-8-5(3)6/h3H,1-2H3,(H2,7,8,9,10);1-2H3,(H3,6,7,8). The van der Waals surface area contributed by atoms with Crippen molar-refractivity contribution in [3.8, 4) is 0 Å². The summed E-state index contributed by atoms with van der Waals surface area (Å²) in [5.74, 6) is 1.20. The number of amides is 1. The highest BCUT2D eigenvalue weighted by molar-refractivity contribution is 5.70. The molecule has 0 aliphatic rings. The van der Waals surface area contributed by atoms with Gasteiger partial charge in [-0.05, 0) is 27.7 Å². The molecule has 0 radical (unpaired) electrons. The first-order valence-corrected chi connectivity index (χ1v) is 5.46. The summed E-state index contributed by atoms with van der Waals surface area (Å²) in [6, 6.07) is 0. The lowest BCUT2D eigenvalue weighted by atomic mass is 10.3. The predicted molar refractivity (Wildman–Crippen MR) is 70.2 cm³/mol. The molecule has 98 valence electrons. The fraction of sp³-hybridized carbons (Fsp3) is 0.364. The van der Waals surface area contributed by atoms with Gasteiger partial charge >= 0.3 is 0 Å². The van der Waals surface area contributed by atoms with E-state index in [0.717, 1.165) is 22.5 Å². The molecule has 2 rings (SSSR count). The predicted octanol–water partition coefficient (Wildman–Crippen LogP) is 1.20. The highest BCUT2D eigenvalue weighted by atomic mass is 16.1. The summed E-state index contributed by atoms with van der Waals surface area (Å²) in [4.78, 5) is 9.97. The van der Waals surface area contributed by atoms with Crippen LogP contribution in [0.5, 0.6) is 0 Å². The molecule has 18 heavy (non-hydrogen) atoms. The van der Waals surface area contributed by atoms with Crippen molar-refractivity contribution in [2.45, 2.75) is 27.7 Å². The number of aryl methyl sites for hydroxylation is 2. The molecule has 2 aromatic heterocycles. The van der Waals surface area contributed by atoms with Gasteiger partial charge in [0.15, 0.2) is 5.82 Å². The molecule has 0 saturated carbocycles. The summed E-state index contributed by atoms with van der Waals surface area (Å²) < 4.78 is 0. The van der Waals surface area contributed by atoms with Crippen LogP contribution in [0.1, 0.15) is 22.5 Å². The zero-order valence-corrected chi connectivity index (χ0v) is 11.0. The van der Waals surface area contributed by atoms with Crippen molar-refractivity contribution in [1.29, 1.82) is 0 Å². The monoisotopic (exact) mass is 250 g/mol. The Kier molecular flexibility index (Phi) is 4.47. The van der Waals surface area contributed by atoms with Crippen LogP contribution in [-0.4, -0.2) is 26.8 Å². The van der Waals surface area contributed by atoms with Crippen LogP contribution >= 0.6 is 0 Å². The van der Waals surface area contributed by atoms with E-state index in [2.05, 4.69) is 25.7 Å². The number of aromatic amines is 2. The molecule has 0 bridgehead atoms. The molecule has 5 N–H and O–H groups in total. The Morgan fingerprint density at radius 2 is 1.61 bits per heavy atom. The molecule has 0 aromatic carbocycles. The minimum Gasteiger partial charge on any atom is -0.382 e. The van der Waals surface area contributed by atoms with Gasteiger partial charge in [0.2, 0.25) is 6.41 Å². The number of anilines is 2. The van der Waals surface area contributed by atoms with Gasteiger partial charge in [-0.1, -0.05) is 0 Å². The molecule has 0 aliphatic carbocycles. The molecule has 7 nitrogen and oxygen atoms in total. The number of nitrogens with one attached hydrogen (secondary N) is 3. The minimum absolute atomic E-state index is 0.600. The molecular formula is C11H18N6O. The van der Waals surface area contributed by atoms with E-state index in [1.165, 1.54) is 0 Å². The number of carbonyl (C=O) groups is 1. The molecule has 2 aromatic rings. The number of hydrogen-bond donors (Lipinski definition) is 4. The number of aromatic nitrogens is 4. The third kappa shape index (κ3) is 3.09. The molecule has 0 saturated heterocycles. The zero-order valence-electron chi connectivity index (χ0n) is 11.0. The van der Waals surface area contributed by atoms with E-state index < -0.39 is 0 Å². The molecule has 0 aliphatic heterocycles. The van der Waals surface area contributed by atoms with Gasteiger partial charge in [0.05, 0.1) is 0 Å². The van der Waals surface area contributed by atoms with Gasteiger partial charge in [-0.15, -0.1) is 0 Å². The van der Waals surface area contributed by atoms with E-state index in [-0.39, 0.29) is 0 Å². The lowest BCUT2D eigenvalue weighted by molar-refractivity contribution is -0.105. The molecule has 0 unspecified atom stereocenters. The Hall–Kier alpha value is -2.31. The minimum atomic E-state index is 0.600. The summed E-state index contributed by atoms with van der Waals surface area (Å²) >= 11 is 0. The van der Waals surface area contributed by atoms with Crippen LogP contribution in [0.2, 0.25) is 0 Å². The molecule has 0 fully saturated rings. The van der Waals surface area contributed by atoms with Gasteiger partial charge in [-0.25, -0.2) is 0 Å². The van der Waals surface area contributed by atoms with E-state index in [0.29, 0.717) is 18.0 Å². The van der Waals surface area contributed by atoms with E-state index in [4.69, 9.17) is 5.73 Å². The van der Waals surface area contributed by atoms with Gasteiger partial charge in [-0.3, -0.25) is 15.0 Å². The van der Waals surface area contributed by atoms with Gasteiger partial charge in [0.1, 0.15) is 5.82 Å². The summed E-state index contributed by atoms with van der Waals surface area (Å²) in [7, 11) is 0. The Labute approximate surface area is 105 Å². The average molecular weight is 250 g/mol. The fourth-order valence-electron chi connectivity index (χ4n) is 1.19. The maximum atomic E-state index is 9.97. The van der Waals surface area contributed by atoms with Crippen LogP contribution in [0.15, 0.2) is 0 Å². The second-order valence-corrected chi connectivity index (χ2v) is 3.94. The van der Waals surface area contributed by atoms with E-state index in [1.807, 2.05) is 27.7 Å². The van der Waals surface area contributed by atoms with Crippen molar-refractivity contribution in [3.05, 3.63) is 22.5 Å². The molecule has 7 heteroatoms. The van der Waals surface area contributed by atoms with Crippen molar-refractivity contribution in [2.24, 2.45) is 0 Å². The number of nitrogens with two attached hydrogens (primary N) is 1. The normalized spacial score (nSPS) is 9.56. The smallest absolute Gasteiger partial charge is 0.212 e. The Bertz CT molecular complexity index is 508. The second kappa shape index (κ2) is 5.85. The quantitative estimate of drug-likeness (QED) is 0.600. The van der Waals surface area contributed by atoms with Crippen LogP contribution in [-0.2, 0) is 4.79 Å². The number of H-pyrrole nitrogens is 2. The first-order chi connectivity index (χ1) is 8.47. The third-order valence-electron chi connectivity index (χ3n) is 2.74. The highest BCUT2D eigenvalue weighted by Crippen LogP contribution is 2.12. The largest absolute Gasteiger partial charge is 0.382 e. The molecule has 1 amide bonds. The molecule has 2 heterocycles. The van der Waals surface area contributed by atoms with Crippen molar-refractivity contribution in [2.75, 3.05) is 11.1 Å². The maximum absolute atomic E-state index is 9.97. The highest BCUT2D eigenvalue weighted by Gasteiger charge is 2.02. The van der Waals surface area contributed by atoms with Crippen molar-refractivity contribution in [3.63, 3.8) is 0 Å². The average Bonchev–Trinajstić information content (AvgIpc) is 2.81. The van der Waals surface area contributed by atoms with Crippen LogP contribution < -0.4 is 11.1 Å². The van der Waals surface area contributed by atoms with Gasteiger partial charge < -0.3 is 11.1 Å². The topological polar surface area (TPSA) is 112 Å². The number of hydrogen-bond acceptors (Lipinski definition) is 4. The van der Waals surface area contributed by atoms with Gasteiger partial charge in [0, 0.05) is 22.5 Å². The van der Waals surface area contributed by atoms with Gasteiger partial charge in [-0.2, -0.15) is 10.2 Å². The molecule has 0 atom stereocenters. The van der Waals surface area contributed by atoms with Crippen LogP contribution in [0.4, 0.5) is 11.6 Å². The molecular weight excluding hydrogens is 232 g/mol. The van der Waals surface area contributed by atoms with Crippen molar-refractivity contribution < 1.29 is 4.79 Å². The van der Waals surface area contributed by atoms with E-state index in [1.54, 1.807) is 0 Å². The van der Waals surface area contributed by atoms with Crippen LogP contribution in [0, 0.1) is 27.7 Å². The van der Waals surface area contributed by atoms with Crippen molar-refractivity contribution >= 4 is 18.0 Å². The van der Waals surface area contributed by atoms with Crippen LogP contribution in [0.3, 0.4) is 0 Å². The lowest BCUT2D eigenvalue weighted by Crippen LogP contribution is -1.95. The third-order valence-corrected chi connectivity index (χ3v) is 2.74. The number of rotatable bonds is 2. The summed E-state index contributed by atoms with van der Waals surface area (Å²) in [6.07, 6.45) is 0.614. The number of carbonyl (C=O) groups excluding carboxylic acids is 1. The lowest BCUT2D eigenvalue weighted by Gasteiger charge is -1.91. The first-order valence-electron chi connectivity index (χ1n) is 5.46. The Balaban J connectivity index is 0.000000184. The Morgan fingerprint density at radius 3 is 1.89 bits per heavy atom. The van der Waals surface area contributed by atoms with Gasteiger partial charge in [0.25, 0.3) is 0 Å². The number of nitrogen functional groups attached to an aromatic ring is 1. The maximum Gasteiger partial charge on any atom is 0.212 e. The first kappa shape index (κ1) is 13.8. The zero-order chi connectivity index (χ0) is 13.7. The fourth-order valence-corrected chi connectivity index (χ4v) is 1.19.